The number of carbonyl (C=O) groups excluding carboxylic acids is 1. The minimum absolute atomic E-state index is 0.106. The number of nitrogens with zero attached hydrogens (tertiary/aromatic N) is 1. The molecule has 2 bridgehead atoms. The Balaban J connectivity index is 1.34. The molecule has 0 aromatic rings. The van der Waals surface area contributed by atoms with E-state index in [4.69, 9.17) is 4.74 Å². The Morgan fingerprint density at radius 3 is 2.74 bits per heavy atom. The molecule has 1 amide bonds. The van der Waals surface area contributed by atoms with Gasteiger partial charge in [0.1, 0.15) is 0 Å². The lowest BCUT2D eigenvalue weighted by atomic mass is 9.91. The highest BCUT2D eigenvalue weighted by atomic mass is 16.5. The Labute approximate surface area is 114 Å². The molecule has 4 heteroatoms. The van der Waals surface area contributed by atoms with Crippen molar-refractivity contribution < 1.29 is 9.53 Å². The van der Waals surface area contributed by atoms with E-state index in [9.17, 15) is 4.79 Å². The van der Waals surface area contributed by atoms with Gasteiger partial charge in [-0.25, -0.2) is 0 Å². The van der Waals surface area contributed by atoms with Crippen LogP contribution < -0.4 is 5.32 Å². The molecule has 3 atom stereocenters. The summed E-state index contributed by atoms with van der Waals surface area (Å²) in [5.41, 5.74) is 0. The van der Waals surface area contributed by atoms with Crippen LogP contribution in [0.5, 0.6) is 0 Å². The third kappa shape index (κ3) is 2.52. The predicted octanol–water partition coefficient (Wildman–Crippen LogP) is 1.15. The number of fused-ring (bicyclic) bond motifs is 2. The molecule has 4 nitrogen and oxygen atoms in total. The first-order valence-corrected chi connectivity index (χ1v) is 7.96. The number of likely N-dealkylation sites (tertiary alicyclic amines) is 1. The van der Waals surface area contributed by atoms with Crippen LogP contribution in [0.1, 0.15) is 38.5 Å². The number of nitrogens with one attached hydrogen (secondary N) is 1. The van der Waals surface area contributed by atoms with Crippen molar-refractivity contribution >= 4 is 5.91 Å². The Kier molecular flexibility index (Phi) is 3.03. The summed E-state index contributed by atoms with van der Waals surface area (Å²) in [5, 5.41) is 3.20. The molecule has 0 spiro atoms. The van der Waals surface area contributed by atoms with Crippen molar-refractivity contribution in [1.29, 1.82) is 0 Å². The average Bonchev–Trinajstić information content (AvgIpc) is 3.09. The number of hydrogen-bond acceptors (Lipinski definition) is 3. The van der Waals surface area contributed by atoms with E-state index in [-0.39, 0.29) is 17.9 Å². The summed E-state index contributed by atoms with van der Waals surface area (Å²) >= 11 is 0. The molecular formula is C15H24N2O2. The van der Waals surface area contributed by atoms with Gasteiger partial charge in [-0.1, -0.05) is 0 Å². The maximum Gasteiger partial charge on any atom is 0.226 e. The number of ether oxygens (including phenoxy) is 1. The van der Waals surface area contributed by atoms with Crippen LogP contribution in [0.2, 0.25) is 0 Å². The summed E-state index contributed by atoms with van der Waals surface area (Å²) in [5.74, 6) is 1.29. The molecule has 0 radical (unpaired) electrons. The van der Waals surface area contributed by atoms with Crippen molar-refractivity contribution in [2.45, 2.75) is 56.8 Å². The summed E-state index contributed by atoms with van der Waals surface area (Å²) in [6.45, 7) is 3.24. The van der Waals surface area contributed by atoms with Gasteiger partial charge in [-0.2, -0.15) is 0 Å². The molecule has 2 heterocycles. The maximum atomic E-state index is 12.3. The van der Waals surface area contributed by atoms with E-state index in [1.54, 1.807) is 0 Å². The number of rotatable bonds is 4. The summed E-state index contributed by atoms with van der Waals surface area (Å²) in [4.78, 5) is 14.9. The smallest absolute Gasteiger partial charge is 0.226 e. The summed E-state index contributed by atoms with van der Waals surface area (Å²) < 4.78 is 5.99. The lowest BCUT2D eigenvalue weighted by molar-refractivity contribution is -0.129. The minimum Gasteiger partial charge on any atom is -0.371 e. The Bertz CT molecular complexity index is 365. The molecule has 2 saturated heterocycles. The largest absolute Gasteiger partial charge is 0.371 e. The normalized spacial score (nSPS) is 39.1. The molecule has 0 aromatic carbocycles. The first kappa shape index (κ1) is 12.2. The van der Waals surface area contributed by atoms with Gasteiger partial charge in [0, 0.05) is 25.7 Å². The van der Waals surface area contributed by atoms with E-state index < -0.39 is 0 Å². The summed E-state index contributed by atoms with van der Waals surface area (Å²) in [7, 11) is 0. The quantitative estimate of drug-likeness (QED) is 0.828. The van der Waals surface area contributed by atoms with Crippen LogP contribution in [0.3, 0.4) is 0 Å². The van der Waals surface area contributed by atoms with Crippen LogP contribution in [0.15, 0.2) is 0 Å². The van der Waals surface area contributed by atoms with E-state index in [0.29, 0.717) is 12.1 Å². The van der Waals surface area contributed by atoms with Crippen LogP contribution in [-0.2, 0) is 9.53 Å². The molecule has 2 saturated carbocycles. The summed E-state index contributed by atoms with van der Waals surface area (Å²) in [6, 6.07) is 0.454. The molecule has 2 aliphatic heterocycles. The van der Waals surface area contributed by atoms with Crippen LogP contribution in [-0.4, -0.2) is 48.7 Å². The molecule has 4 rings (SSSR count). The SMILES string of the molecule is O=C(NC1CCC1)[C@@H]1C[C@H]2CN(CC3CC3)C[C@@H]1O2. The number of hydrogen-bond donors (Lipinski definition) is 1. The van der Waals surface area contributed by atoms with Gasteiger partial charge in [-0.15, -0.1) is 0 Å². The van der Waals surface area contributed by atoms with Gasteiger partial charge < -0.3 is 10.1 Å². The third-order valence-corrected chi connectivity index (χ3v) is 5.23. The highest BCUT2D eigenvalue weighted by Crippen LogP contribution is 2.36. The number of morpholine rings is 1. The second kappa shape index (κ2) is 4.74. The Morgan fingerprint density at radius 1 is 1.21 bits per heavy atom. The first-order chi connectivity index (χ1) is 9.28. The molecule has 1 N–H and O–H groups in total. The molecule has 0 aromatic heterocycles. The molecular weight excluding hydrogens is 240 g/mol. The molecule has 2 aliphatic carbocycles. The molecule has 4 fully saturated rings. The van der Waals surface area contributed by atoms with Gasteiger partial charge in [-0.3, -0.25) is 9.69 Å². The van der Waals surface area contributed by atoms with Crippen LogP contribution in [0.25, 0.3) is 0 Å². The van der Waals surface area contributed by atoms with Crippen LogP contribution in [0, 0.1) is 11.8 Å². The van der Waals surface area contributed by atoms with Gasteiger partial charge in [0.15, 0.2) is 0 Å². The zero-order valence-electron chi connectivity index (χ0n) is 11.5. The fraction of sp³-hybridized carbons (Fsp3) is 0.933. The van der Waals surface area contributed by atoms with Crippen molar-refractivity contribution in [3.05, 3.63) is 0 Å². The molecule has 0 unspecified atom stereocenters. The lowest BCUT2D eigenvalue weighted by Gasteiger charge is -2.33. The molecule has 106 valence electrons. The highest BCUT2D eigenvalue weighted by Gasteiger charge is 2.45. The topological polar surface area (TPSA) is 41.6 Å². The van der Waals surface area contributed by atoms with E-state index in [2.05, 4.69) is 10.2 Å². The fourth-order valence-electron chi connectivity index (χ4n) is 3.69. The zero-order valence-corrected chi connectivity index (χ0v) is 11.5. The van der Waals surface area contributed by atoms with Gasteiger partial charge in [0.2, 0.25) is 5.91 Å². The monoisotopic (exact) mass is 264 g/mol. The minimum atomic E-state index is 0.106. The van der Waals surface area contributed by atoms with Gasteiger partial charge in [-0.05, 0) is 44.4 Å². The van der Waals surface area contributed by atoms with Crippen molar-refractivity contribution in [2.24, 2.45) is 11.8 Å². The van der Waals surface area contributed by atoms with Crippen molar-refractivity contribution in [3.63, 3.8) is 0 Å². The van der Waals surface area contributed by atoms with E-state index in [1.165, 1.54) is 38.6 Å². The van der Waals surface area contributed by atoms with E-state index in [1.807, 2.05) is 0 Å². The fourth-order valence-corrected chi connectivity index (χ4v) is 3.69. The summed E-state index contributed by atoms with van der Waals surface area (Å²) in [6.07, 6.45) is 7.80. The second-order valence-corrected chi connectivity index (χ2v) is 6.94. The van der Waals surface area contributed by atoms with E-state index >= 15 is 0 Å². The third-order valence-electron chi connectivity index (χ3n) is 5.23. The zero-order chi connectivity index (χ0) is 12.8. The van der Waals surface area contributed by atoms with Crippen LogP contribution in [0.4, 0.5) is 0 Å². The number of carbonyl (C=O) groups is 1. The average molecular weight is 264 g/mol. The van der Waals surface area contributed by atoms with Crippen molar-refractivity contribution in [1.82, 2.24) is 10.2 Å². The van der Waals surface area contributed by atoms with Crippen LogP contribution >= 0.6 is 0 Å². The van der Waals surface area contributed by atoms with Gasteiger partial charge >= 0.3 is 0 Å². The first-order valence-electron chi connectivity index (χ1n) is 7.96. The predicted molar refractivity (Wildman–Crippen MR) is 71.7 cm³/mol. The van der Waals surface area contributed by atoms with Gasteiger partial charge in [0.25, 0.3) is 0 Å². The number of amides is 1. The van der Waals surface area contributed by atoms with Crippen molar-refractivity contribution in [2.75, 3.05) is 19.6 Å². The van der Waals surface area contributed by atoms with E-state index in [0.717, 1.165) is 25.4 Å². The van der Waals surface area contributed by atoms with Gasteiger partial charge in [0.05, 0.1) is 18.1 Å². The highest BCUT2D eigenvalue weighted by molar-refractivity contribution is 5.80. The lowest BCUT2D eigenvalue weighted by Crippen LogP contribution is -2.48. The second-order valence-electron chi connectivity index (χ2n) is 6.94. The van der Waals surface area contributed by atoms with Crippen molar-refractivity contribution in [3.8, 4) is 0 Å². The standard InChI is InChI=1S/C15H24N2O2/c18-15(16-11-2-1-3-11)13-6-12-8-17(7-10-4-5-10)9-14(13)19-12/h10-14H,1-9H2,(H,16,18)/t12-,13+,14-/m0/s1. The molecule has 19 heavy (non-hydrogen) atoms. The Hall–Kier alpha value is -0.610. The molecule has 4 aliphatic rings. The Morgan fingerprint density at radius 2 is 2.05 bits per heavy atom. The maximum absolute atomic E-state index is 12.3.